The van der Waals surface area contributed by atoms with E-state index in [0.29, 0.717) is 10.8 Å². The van der Waals surface area contributed by atoms with Gasteiger partial charge in [-0.1, -0.05) is 11.6 Å². The lowest BCUT2D eigenvalue weighted by Gasteiger charge is -2.18. The molecule has 3 rings (SSSR count). The average molecular weight is 304 g/mol. The molecule has 1 amide bonds. The monoisotopic (exact) mass is 303 g/mol. The summed E-state index contributed by atoms with van der Waals surface area (Å²) in [4.78, 5) is 15.2. The highest BCUT2D eigenvalue weighted by Gasteiger charge is 2.12. The number of aryl methyl sites for hydroxylation is 1. The first kappa shape index (κ1) is 13.7. The molecule has 0 unspecified atom stereocenters. The van der Waals surface area contributed by atoms with E-state index in [2.05, 4.69) is 10.3 Å². The lowest BCUT2D eigenvalue weighted by atomic mass is 10.1. The smallest absolute Gasteiger partial charge is 0.250 e. The van der Waals surface area contributed by atoms with Gasteiger partial charge < -0.3 is 15.8 Å². The zero-order valence-corrected chi connectivity index (χ0v) is 12.0. The van der Waals surface area contributed by atoms with Crippen molar-refractivity contribution in [3.63, 3.8) is 0 Å². The summed E-state index contributed by atoms with van der Waals surface area (Å²) in [7, 11) is 0. The van der Waals surface area contributed by atoms with Crippen LogP contribution in [0.25, 0.3) is 0 Å². The van der Waals surface area contributed by atoms with E-state index in [1.54, 1.807) is 0 Å². The molecule has 0 bridgehead atoms. The van der Waals surface area contributed by atoms with Gasteiger partial charge in [0.2, 0.25) is 5.91 Å². The highest BCUT2D eigenvalue weighted by Crippen LogP contribution is 2.30. The molecule has 1 aromatic carbocycles. The summed E-state index contributed by atoms with van der Waals surface area (Å²) in [5, 5.41) is 3.49. The largest absolute Gasteiger partial charge is 0.493 e. The van der Waals surface area contributed by atoms with Crippen LogP contribution < -0.4 is 15.8 Å². The Hall–Kier alpha value is -2.27. The number of benzene rings is 1. The first-order chi connectivity index (χ1) is 10.1. The molecule has 1 aliphatic rings. The van der Waals surface area contributed by atoms with Gasteiger partial charge in [0.25, 0.3) is 0 Å². The fraction of sp³-hybridized carbons (Fsp3) is 0.200. The van der Waals surface area contributed by atoms with Gasteiger partial charge in [0.15, 0.2) is 0 Å². The summed E-state index contributed by atoms with van der Waals surface area (Å²) in [6.07, 6.45) is 3.41. The van der Waals surface area contributed by atoms with Crippen molar-refractivity contribution in [2.45, 2.75) is 12.8 Å². The molecule has 3 N–H and O–H groups in total. The Labute approximate surface area is 127 Å². The number of hydrogen-bond acceptors (Lipinski definition) is 4. The molecule has 0 saturated heterocycles. The number of carbonyl (C=O) groups excluding carboxylic acids is 1. The fourth-order valence-corrected chi connectivity index (χ4v) is 2.45. The molecule has 21 heavy (non-hydrogen) atoms. The van der Waals surface area contributed by atoms with Crippen molar-refractivity contribution < 1.29 is 9.53 Å². The predicted octanol–water partition coefficient (Wildman–Crippen LogP) is 2.90. The number of primary amides is 1. The second-order valence-corrected chi connectivity index (χ2v) is 5.23. The Bertz CT molecular complexity index is 703. The van der Waals surface area contributed by atoms with Crippen LogP contribution in [0, 0.1) is 0 Å². The Morgan fingerprint density at radius 3 is 3.00 bits per heavy atom. The molecule has 2 heterocycles. The SMILES string of the molecule is NC(=O)c1cnc(Nc2ccc3c(c2)CCCO3)c(Cl)c1. The molecule has 0 saturated carbocycles. The van der Waals surface area contributed by atoms with Crippen LogP contribution in [0.4, 0.5) is 11.5 Å². The number of halogens is 1. The van der Waals surface area contributed by atoms with Gasteiger partial charge in [-0.25, -0.2) is 4.98 Å². The Kier molecular flexibility index (Phi) is 3.66. The maximum atomic E-state index is 11.1. The van der Waals surface area contributed by atoms with Crippen LogP contribution in [0.15, 0.2) is 30.5 Å². The average Bonchev–Trinajstić information content (AvgIpc) is 2.49. The summed E-state index contributed by atoms with van der Waals surface area (Å²) >= 11 is 6.11. The molecule has 1 aliphatic heterocycles. The summed E-state index contributed by atoms with van der Waals surface area (Å²) in [6, 6.07) is 7.36. The van der Waals surface area contributed by atoms with Crippen molar-refractivity contribution in [3.05, 3.63) is 46.6 Å². The van der Waals surface area contributed by atoms with E-state index >= 15 is 0 Å². The number of hydrogen-bond donors (Lipinski definition) is 2. The molecule has 0 atom stereocenters. The van der Waals surface area contributed by atoms with Gasteiger partial charge in [-0.2, -0.15) is 0 Å². The maximum absolute atomic E-state index is 11.1. The number of ether oxygens (including phenoxy) is 1. The Morgan fingerprint density at radius 2 is 2.24 bits per heavy atom. The third-order valence-corrected chi connectivity index (χ3v) is 3.59. The van der Waals surface area contributed by atoms with E-state index in [9.17, 15) is 4.79 Å². The summed E-state index contributed by atoms with van der Waals surface area (Å²) < 4.78 is 5.57. The zero-order valence-electron chi connectivity index (χ0n) is 11.2. The number of amides is 1. The minimum atomic E-state index is -0.554. The van der Waals surface area contributed by atoms with E-state index in [-0.39, 0.29) is 5.56 Å². The minimum absolute atomic E-state index is 0.282. The van der Waals surface area contributed by atoms with Crippen LogP contribution in [0.5, 0.6) is 5.75 Å². The van der Waals surface area contributed by atoms with Crippen molar-refractivity contribution in [1.82, 2.24) is 4.98 Å². The second-order valence-electron chi connectivity index (χ2n) is 4.82. The minimum Gasteiger partial charge on any atom is -0.493 e. The summed E-state index contributed by atoms with van der Waals surface area (Å²) in [5.41, 5.74) is 7.51. The summed E-state index contributed by atoms with van der Waals surface area (Å²) in [6.45, 7) is 0.766. The second kappa shape index (κ2) is 5.61. The van der Waals surface area contributed by atoms with Gasteiger partial charge in [-0.15, -0.1) is 0 Å². The van der Waals surface area contributed by atoms with Gasteiger partial charge in [-0.3, -0.25) is 4.79 Å². The van der Waals surface area contributed by atoms with Crippen molar-refractivity contribution in [3.8, 4) is 5.75 Å². The molecule has 6 heteroatoms. The number of rotatable bonds is 3. The molecule has 1 aromatic heterocycles. The Morgan fingerprint density at radius 1 is 1.38 bits per heavy atom. The number of carbonyl (C=O) groups is 1. The maximum Gasteiger partial charge on any atom is 0.250 e. The van der Waals surface area contributed by atoms with Gasteiger partial charge >= 0.3 is 0 Å². The molecule has 2 aromatic rings. The Balaban J connectivity index is 1.85. The molecule has 108 valence electrons. The molecule has 0 radical (unpaired) electrons. The number of nitrogens with one attached hydrogen (secondary N) is 1. The first-order valence-electron chi connectivity index (χ1n) is 6.61. The zero-order chi connectivity index (χ0) is 14.8. The quantitative estimate of drug-likeness (QED) is 0.914. The van der Waals surface area contributed by atoms with Gasteiger partial charge in [-0.05, 0) is 42.7 Å². The molecular formula is C15H14ClN3O2. The van der Waals surface area contributed by atoms with Crippen molar-refractivity contribution >= 4 is 29.0 Å². The highest BCUT2D eigenvalue weighted by molar-refractivity contribution is 6.33. The third kappa shape index (κ3) is 2.92. The van der Waals surface area contributed by atoms with Gasteiger partial charge in [0.05, 0.1) is 17.2 Å². The van der Waals surface area contributed by atoms with Crippen LogP contribution in [0.1, 0.15) is 22.3 Å². The fourth-order valence-electron chi connectivity index (χ4n) is 2.24. The number of aromatic nitrogens is 1. The van der Waals surface area contributed by atoms with E-state index in [1.165, 1.54) is 12.3 Å². The third-order valence-electron chi connectivity index (χ3n) is 3.30. The highest BCUT2D eigenvalue weighted by atomic mass is 35.5. The van der Waals surface area contributed by atoms with Crippen molar-refractivity contribution in [1.29, 1.82) is 0 Å². The van der Waals surface area contributed by atoms with E-state index in [4.69, 9.17) is 22.1 Å². The lowest BCUT2D eigenvalue weighted by Crippen LogP contribution is -2.11. The standard InChI is InChI=1S/C15H14ClN3O2/c16-12-7-10(14(17)20)8-18-15(12)19-11-3-4-13-9(6-11)2-1-5-21-13/h3-4,6-8H,1-2,5H2,(H2,17,20)(H,18,19). The van der Waals surface area contributed by atoms with Crippen LogP contribution in [-0.4, -0.2) is 17.5 Å². The first-order valence-corrected chi connectivity index (χ1v) is 6.99. The number of nitrogens with zero attached hydrogens (tertiary/aromatic N) is 1. The number of fused-ring (bicyclic) bond motifs is 1. The van der Waals surface area contributed by atoms with Crippen molar-refractivity contribution in [2.24, 2.45) is 5.73 Å². The molecule has 0 fully saturated rings. The van der Waals surface area contributed by atoms with Crippen LogP contribution in [0.2, 0.25) is 5.02 Å². The molecule has 5 nitrogen and oxygen atoms in total. The molecule has 0 spiro atoms. The van der Waals surface area contributed by atoms with Crippen LogP contribution >= 0.6 is 11.6 Å². The normalized spacial score (nSPS) is 13.2. The van der Waals surface area contributed by atoms with Gasteiger partial charge in [0.1, 0.15) is 11.6 Å². The van der Waals surface area contributed by atoms with Gasteiger partial charge in [0, 0.05) is 11.9 Å². The number of anilines is 2. The number of pyridine rings is 1. The molecule has 0 aliphatic carbocycles. The van der Waals surface area contributed by atoms with Crippen LogP contribution in [-0.2, 0) is 6.42 Å². The van der Waals surface area contributed by atoms with E-state index in [0.717, 1.165) is 36.4 Å². The van der Waals surface area contributed by atoms with E-state index < -0.39 is 5.91 Å². The summed E-state index contributed by atoms with van der Waals surface area (Å²) in [5.74, 6) is 0.857. The van der Waals surface area contributed by atoms with Crippen molar-refractivity contribution in [2.75, 3.05) is 11.9 Å². The molecular weight excluding hydrogens is 290 g/mol. The lowest BCUT2D eigenvalue weighted by molar-refractivity contribution is 0.1000. The predicted molar refractivity (Wildman–Crippen MR) is 81.3 cm³/mol. The van der Waals surface area contributed by atoms with Crippen LogP contribution in [0.3, 0.4) is 0 Å². The number of nitrogens with two attached hydrogens (primary N) is 1. The topological polar surface area (TPSA) is 77.2 Å². The van der Waals surface area contributed by atoms with E-state index in [1.807, 2.05) is 18.2 Å².